The maximum atomic E-state index is 11.7. The molecule has 1 aromatic rings. The Kier molecular flexibility index (Phi) is 4.40. The second kappa shape index (κ2) is 6.24. The van der Waals surface area contributed by atoms with Crippen LogP contribution >= 0.6 is 0 Å². The number of para-hydroxylation sites is 1. The second-order valence-electron chi connectivity index (χ2n) is 4.83. The molecule has 0 aromatic heterocycles. The van der Waals surface area contributed by atoms with Gasteiger partial charge in [-0.2, -0.15) is 0 Å². The van der Waals surface area contributed by atoms with E-state index in [0.29, 0.717) is 5.92 Å². The van der Waals surface area contributed by atoms with Gasteiger partial charge in [0.05, 0.1) is 0 Å². The van der Waals surface area contributed by atoms with Gasteiger partial charge in [-0.1, -0.05) is 36.6 Å². The van der Waals surface area contributed by atoms with Crippen molar-refractivity contribution in [1.82, 2.24) is 5.32 Å². The third-order valence-electron chi connectivity index (χ3n) is 3.46. The third-order valence-corrected chi connectivity index (χ3v) is 3.46. The number of nitrogens with one attached hydrogen (secondary N) is 2. The van der Waals surface area contributed by atoms with Crippen LogP contribution in [0.5, 0.6) is 0 Å². The summed E-state index contributed by atoms with van der Waals surface area (Å²) in [6, 6.07) is 9.27. The van der Waals surface area contributed by atoms with E-state index >= 15 is 0 Å². The Balaban J connectivity index is 1.82. The van der Waals surface area contributed by atoms with Crippen LogP contribution in [-0.4, -0.2) is 6.03 Å². The SMILES string of the molecule is C/C(=C\NC(=O)Nc1ccccc1)C1CCCC1. The third kappa shape index (κ3) is 3.62. The van der Waals surface area contributed by atoms with Gasteiger partial charge in [0, 0.05) is 11.9 Å². The molecule has 2 N–H and O–H groups in total. The standard InChI is InChI=1S/C15H20N2O/c1-12(13-7-5-6-8-13)11-16-15(18)17-14-9-3-2-4-10-14/h2-4,9-11,13H,5-8H2,1H3,(H2,16,17,18)/b12-11+. The monoisotopic (exact) mass is 244 g/mol. The maximum Gasteiger partial charge on any atom is 0.323 e. The Hall–Kier alpha value is -1.77. The summed E-state index contributed by atoms with van der Waals surface area (Å²) in [6.07, 6.45) is 6.97. The number of allylic oxidation sites excluding steroid dienone is 1. The van der Waals surface area contributed by atoms with E-state index in [1.807, 2.05) is 36.5 Å². The fourth-order valence-corrected chi connectivity index (χ4v) is 2.37. The molecule has 1 fully saturated rings. The number of anilines is 1. The summed E-state index contributed by atoms with van der Waals surface area (Å²) < 4.78 is 0. The van der Waals surface area contributed by atoms with E-state index < -0.39 is 0 Å². The molecule has 2 rings (SSSR count). The summed E-state index contributed by atoms with van der Waals surface area (Å²) in [4.78, 5) is 11.7. The fourth-order valence-electron chi connectivity index (χ4n) is 2.37. The van der Waals surface area contributed by atoms with Crippen LogP contribution in [0.1, 0.15) is 32.6 Å². The number of urea groups is 1. The quantitative estimate of drug-likeness (QED) is 0.831. The van der Waals surface area contributed by atoms with E-state index in [-0.39, 0.29) is 6.03 Å². The van der Waals surface area contributed by atoms with Crippen molar-refractivity contribution in [3.63, 3.8) is 0 Å². The molecular formula is C15H20N2O. The summed E-state index contributed by atoms with van der Waals surface area (Å²) in [6.45, 7) is 2.10. The minimum atomic E-state index is -0.182. The minimum Gasteiger partial charge on any atom is -0.314 e. The van der Waals surface area contributed by atoms with E-state index in [1.54, 1.807) is 0 Å². The smallest absolute Gasteiger partial charge is 0.314 e. The molecule has 0 heterocycles. The molecule has 18 heavy (non-hydrogen) atoms. The van der Waals surface area contributed by atoms with Gasteiger partial charge in [-0.25, -0.2) is 4.79 Å². The van der Waals surface area contributed by atoms with E-state index in [4.69, 9.17) is 0 Å². The largest absolute Gasteiger partial charge is 0.323 e. The number of carbonyl (C=O) groups excluding carboxylic acids is 1. The van der Waals surface area contributed by atoms with Crippen LogP contribution in [0, 0.1) is 5.92 Å². The van der Waals surface area contributed by atoms with Gasteiger partial charge in [0.15, 0.2) is 0 Å². The molecule has 1 saturated carbocycles. The summed E-state index contributed by atoms with van der Waals surface area (Å²) in [5, 5.41) is 5.59. The Labute approximate surface area is 108 Å². The lowest BCUT2D eigenvalue weighted by Gasteiger charge is -2.10. The topological polar surface area (TPSA) is 41.1 Å². The molecule has 3 nitrogen and oxygen atoms in total. The molecule has 1 aromatic carbocycles. The number of hydrogen-bond donors (Lipinski definition) is 2. The minimum absolute atomic E-state index is 0.182. The number of rotatable bonds is 3. The molecule has 2 amide bonds. The Morgan fingerprint density at radius 2 is 1.89 bits per heavy atom. The van der Waals surface area contributed by atoms with Crippen molar-refractivity contribution in [2.75, 3.05) is 5.32 Å². The van der Waals surface area contributed by atoms with Crippen LogP contribution in [0.15, 0.2) is 42.1 Å². The summed E-state index contributed by atoms with van der Waals surface area (Å²) in [7, 11) is 0. The molecule has 96 valence electrons. The van der Waals surface area contributed by atoms with Crippen LogP contribution in [0.4, 0.5) is 10.5 Å². The molecule has 1 aliphatic carbocycles. The average molecular weight is 244 g/mol. The zero-order valence-electron chi connectivity index (χ0n) is 10.8. The normalized spacial score (nSPS) is 16.6. The van der Waals surface area contributed by atoms with Gasteiger partial charge in [-0.15, -0.1) is 0 Å². The predicted molar refractivity (Wildman–Crippen MR) is 74.3 cm³/mol. The lowest BCUT2D eigenvalue weighted by Crippen LogP contribution is -2.24. The maximum absolute atomic E-state index is 11.7. The molecule has 0 spiro atoms. The highest BCUT2D eigenvalue weighted by Gasteiger charge is 2.16. The van der Waals surface area contributed by atoms with Crippen LogP contribution in [-0.2, 0) is 0 Å². The number of hydrogen-bond acceptors (Lipinski definition) is 1. The summed E-state index contributed by atoms with van der Waals surface area (Å²) in [5.41, 5.74) is 2.08. The highest BCUT2D eigenvalue weighted by Crippen LogP contribution is 2.30. The number of amides is 2. The zero-order chi connectivity index (χ0) is 12.8. The molecule has 0 atom stereocenters. The van der Waals surface area contributed by atoms with Gasteiger partial charge in [0.1, 0.15) is 0 Å². The summed E-state index contributed by atoms with van der Waals surface area (Å²) in [5.74, 6) is 0.655. The van der Waals surface area contributed by atoms with Gasteiger partial charge in [-0.3, -0.25) is 0 Å². The van der Waals surface area contributed by atoms with Crippen molar-refractivity contribution in [1.29, 1.82) is 0 Å². The van der Waals surface area contributed by atoms with E-state index in [1.165, 1.54) is 31.3 Å². The molecule has 0 bridgehead atoms. The van der Waals surface area contributed by atoms with Crippen LogP contribution < -0.4 is 10.6 Å². The van der Waals surface area contributed by atoms with Crippen molar-refractivity contribution >= 4 is 11.7 Å². The molecule has 0 unspecified atom stereocenters. The van der Waals surface area contributed by atoms with Gasteiger partial charge in [0.2, 0.25) is 0 Å². The lowest BCUT2D eigenvalue weighted by molar-refractivity contribution is 0.255. The van der Waals surface area contributed by atoms with Crippen molar-refractivity contribution in [2.24, 2.45) is 5.92 Å². The Morgan fingerprint density at radius 1 is 1.22 bits per heavy atom. The van der Waals surface area contributed by atoms with Crippen LogP contribution in [0.3, 0.4) is 0 Å². The number of benzene rings is 1. The number of carbonyl (C=O) groups is 1. The molecule has 1 aliphatic rings. The van der Waals surface area contributed by atoms with Gasteiger partial charge >= 0.3 is 6.03 Å². The van der Waals surface area contributed by atoms with E-state index in [9.17, 15) is 4.79 Å². The molecule has 0 saturated heterocycles. The van der Waals surface area contributed by atoms with E-state index in [2.05, 4.69) is 17.6 Å². The van der Waals surface area contributed by atoms with Gasteiger partial charge in [-0.05, 0) is 37.8 Å². The van der Waals surface area contributed by atoms with Gasteiger partial charge < -0.3 is 10.6 Å². The van der Waals surface area contributed by atoms with Crippen LogP contribution in [0.25, 0.3) is 0 Å². The summed E-state index contributed by atoms with van der Waals surface area (Å²) >= 11 is 0. The zero-order valence-corrected chi connectivity index (χ0v) is 10.8. The Bertz CT molecular complexity index is 419. The Morgan fingerprint density at radius 3 is 2.56 bits per heavy atom. The average Bonchev–Trinajstić information content (AvgIpc) is 2.91. The predicted octanol–water partition coefficient (Wildman–Crippen LogP) is 3.90. The molecular weight excluding hydrogens is 224 g/mol. The fraction of sp³-hybridized carbons (Fsp3) is 0.400. The first-order chi connectivity index (χ1) is 8.75. The highest BCUT2D eigenvalue weighted by molar-refractivity contribution is 5.89. The second-order valence-corrected chi connectivity index (χ2v) is 4.83. The van der Waals surface area contributed by atoms with Crippen LogP contribution in [0.2, 0.25) is 0 Å². The van der Waals surface area contributed by atoms with Crippen molar-refractivity contribution in [3.8, 4) is 0 Å². The lowest BCUT2D eigenvalue weighted by atomic mass is 10.0. The first-order valence-corrected chi connectivity index (χ1v) is 6.55. The van der Waals surface area contributed by atoms with Gasteiger partial charge in [0.25, 0.3) is 0 Å². The molecule has 3 heteroatoms. The molecule has 0 aliphatic heterocycles. The molecule has 0 radical (unpaired) electrons. The first kappa shape index (κ1) is 12.7. The van der Waals surface area contributed by atoms with Crippen molar-refractivity contribution in [3.05, 3.63) is 42.1 Å². The highest BCUT2D eigenvalue weighted by atomic mass is 16.2. The van der Waals surface area contributed by atoms with Crippen molar-refractivity contribution in [2.45, 2.75) is 32.6 Å². The first-order valence-electron chi connectivity index (χ1n) is 6.55. The van der Waals surface area contributed by atoms with Crippen molar-refractivity contribution < 1.29 is 4.79 Å². The van der Waals surface area contributed by atoms with E-state index in [0.717, 1.165) is 5.69 Å².